The zero-order chi connectivity index (χ0) is 17.9. The van der Waals surface area contributed by atoms with Crippen LogP contribution < -0.4 is 4.90 Å². The zero-order valence-electron chi connectivity index (χ0n) is 14.3. The van der Waals surface area contributed by atoms with Crippen LogP contribution in [0.2, 0.25) is 0 Å². The van der Waals surface area contributed by atoms with Gasteiger partial charge in [-0.3, -0.25) is 4.79 Å². The number of aromatic nitrogens is 2. The molecular weight excluding hydrogens is 412 g/mol. The number of piperazine rings is 1. The van der Waals surface area contributed by atoms with E-state index in [9.17, 15) is 4.79 Å². The Hall–Kier alpha value is -1.99. The largest absolute Gasteiger partial charge is 0.344 e. The number of fused-ring (bicyclic) bond motifs is 1. The number of anilines is 1. The van der Waals surface area contributed by atoms with E-state index in [2.05, 4.69) is 36.9 Å². The van der Waals surface area contributed by atoms with Crippen LogP contribution in [0, 0.1) is 0 Å². The summed E-state index contributed by atoms with van der Waals surface area (Å²) in [4.78, 5) is 26.8. The molecule has 7 heteroatoms. The Morgan fingerprint density at radius 3 is 2.69 bits per heavy atom. The second-order valence-corrected chi connectivity index (χ2v) is 8.09. The van der Waals surface area contributed by atoms with Crippen LogP contribution in [0.1, 0.15) is 12.0 Å². The molecule has 1 fully saturated rings. The zero-order valence-corrected chi connectivity index (χ0v) is 16.7. The minimum atomic E-state index is 0.228. The lowest BCUT2D eigenvalue weighted by Gasteiger charge is -2.34. The Labute approximate surface area is 164 Å². The molecule has 4 rings (SSSR count). The SMILES string of the molecule is O=C(CCc1ccccc1Br)N1CCN(c2nc3cccnc3s2)CC1. The van der Waals surface area contributed by atoms with E-state index >= 15 is 0 Å². The molecule has 1 amide bonds. The highest BCUT2D eigenvalue weighted by Crippen LogP contribution is 2.27. The van der Waals surface area contributed by atoms with E-state index in [1.807, 2.05) is 35.2 Å². The number of rotatable bonds is 4. The quantitative estimate of drug-likeness (QED) is 0.632. The third-order valence-corrected chi connectivity index (χ3v) is 6.44. The number of halogens is 1. The van der Waals surface area contributed by atoms with Crippen LogP contribution in [0.3, 0.4) is 0 Å². The number of thiazole rings is 1. The number of benzene rings is 1. The molecule has 0 unspecified atom stereocenters. The molecule has 0 bridgehead atoms. The third-order valence-electron chi connectivity index (χ3n) is 4.62. The van der Waals surface area contributed by atoms with Crippen molar-refractivity contribution in [1.82, 2.24) is 14.9 Å². The van der Waals surface area contributed by atoms with Crippen molar-refractivity contribution in [2.75, 3.05) is 31.1 Å². The molecule has 1 aliphatic heterocycles. The standard InChI is InChI=1S/C19H19BrN4OS/c20-15-5-2-1-4-14(15)7-8-17(25)23-10-12-24(13-11-23)19-22-16-6-3-9-21-18(16)26-19/h1-6,9H,7-8,10-13H2. The van der Waals surface area contributed by atoms with E-state index in [0.29, 0.717) is 6.42 Å². The van der Waals surface area contributed by atoms with Crippen molar-refractivity contribution in [3.8, 4) is 0 Å². The average molecular weight is 431 g/mol. The van der Waals surface area contributed by atoms with Gasteiger partial charge < -0.3 is 9.80 Å². The van der Waals surface area contributed by atoms with Crippen LogP contribution in [0.15, 0.2) is 47.1 Å². The minimum Gasteiger partial charge on any atom is -0.344 e. The van der Waals surface area contributed by atoms with E-state index in [4.69, 9.17) is 0 Å². The summed E-state index contributed by atoms with van der Waals surface area (Å²) in [7, 11) is 0. The Morgan fingerprint density at radius 2 is 1.92 bits per heavy atom. The number of carbonyl (C=O) groups is 1. The summed E-state index contributed by atoms with van der Waals surface area (Å²) in [5.41, 5.74) is 2.13. The first-order chi connectivity index (χ1) is 12.7. The average Bonchev–Trinajstić information content (AvgIpc) is 3.11. The van der Waals surface area contributed by atoms with Crippen LogP contribution in [-0.2, 0) is 11.2 Å². The number of pyridine rings is 1. The van der Waals surface area contributed by atoms with Crippen molar-refractivity contribution in [2.24, 2.45) is 0 Å². The van der Waals surface area contributed by atoms with Gasteiger partial charge >= 0.3 is 0 Å². The molecular formula is C19H19BrN4OS. The van der Waals surface area contributed by atoms with Gasteiger partial charge in [0.1, 0.15) is 10.3 Å². The molecule has 134 valence electrons. The molecule has 0 radical (unpaired) electrons. The molecule has 1 aliphatic rings. The highest BCUT2D eigenvalue weighted by molar-refractivity contribution is 9.10. The van der Waals surface area contributed by atoms with Gasteiger partial charge in [0.05, 0.1) is 0 Å². The highest BCUT2D eigenvalue weighted by Gasteiger charge is 2.23. The third kappa shape index (κ3) is 3.73. The van der Waals surface area contributed by atoms with Gasteiger partial charge in [-0.1, -0.05) is 45.5 Å². The van der Waals surface area contributed by atoms with Gasteiger partial charge in [0.25, 0.3) is 0 Å². The van der Waals surface area contributed by atoms with Gasteiger partial charge in [-0.25, -0.2) is 9.97 Å². The number of amides is 1. The second kappa shape index (κ2) is 7.72. The molecule has 0 saturated carbocycles. The lowest BCUT2D eigenvalue weighted by Crippen LogP contribution is -2.48. The van der Waals surface area contributed by atoms with Crippen LogP contribution in [-0.4, -0.2) is 47.0 Å². The van der Waals surface area contributed by atoms with E-state index in [0.717, 1.165) is 52.6 Å². The number of nitrogens with zero attached hydrogens (tertiary/aromatic N) is 4. The highest BCUT2D eigenvalue weighted by atomic mass is 79.9. The molecule has 0 N–H and O–H groups in total. The molecule has 26 heavy (non-hydrogen) atoms. The first-order valence-electron chi connectivity index (χ1n) is 8.68. The number of carbonyl (C=O) groups excluding carboxylic acids is 1. The van der Waals surface area contributed by atoms with Crippen molar-refractivity contribution < 1.29 is 4.79 Å². The minimum absolute atomic E-state index is 0.228. The maximum atomic E-state index is 12.5. The number of aryl methyl sites for hydroxylation is 1. The van der Waals surface area contributed by atoms with Gasteiger partial charge in [-0.2, -0.15) is 0 Å². The summed E-state index contributed by atoms with van der Waals surface area (Å²) in [6.07, 6.45) is 3.11. The summed E-state index contributed by atoms with van der Waals surface area (Å²) in [6.45, 7) is 3.14. The maximum Gasteiger partial charge on any atom is 0.223 e. The van der Waals surface area contributed by atoms with Crippen molar-refractivity contribution in [3.05, 3.63) is 52.6 Å². The van der Waals surface area contributed by atoms with Crippen LogP contribution in [0.25, 0.3) is 10.3 Å². The predicted octanol–water partition coefficient (Wildman–Crippen LogP) is 3.74. The molecule has 3 aromatic rings. The van der Waals surface area contributed by atoms with E-state index in [1.54, 1.807) is 17.5 Å². The van der Waals surface area contributed by atoms with Gasteiger partial charge in [0, 0.05) is 43.3 Å². The normalized spacial score (nSPS) is 14.8. The van der Waals surface area contributed by atoms with Crippen LogP contribution >= 0.6 is 27.3 Å². The summed E-state index contributed by atoms with van der Waals surface area (Å²) in [5.74, 6) is 0.228. The summed E-state index contributed by atoms with van der Waals surface area (Å²) >= 11 is 5.17. The maximum absolute atomic E-state index is 12.5. The molecule has 2 aromatic heterocycles. The van der Waals surface area contributed by atoms with Crippen molar-refractivity contribution in [2.45, 2.75) is 12.8 Å². The fraction of sp³-hybridized carbons (Fsp3) is 0.316. The van der Waals surface area contributed by atoms with E-state index < -0.39 is 0 Å². The Kier molecular flexibility index (Phi) is 5.17. The molecule has 0 atom stereocenters. The topological polar surface area (TPSA) is 49.3 Å². The van der Waals surface area contributed by atoms with Crippen molar-refractivity contribution in [3.63, 3.8) is 0 Å². The first kappa shape index (κ1) is 17.4. The Morgan fingerprint density at radius 1 is 1.12 bits per heavy atom. The Bertz CT molecular complexity index is 888. The second-order valence-electron chi connectivity index (χ2n) is 6.28. The smallest absolute Gasteiger partial charge is 0.223 e. The lowest BCUT2D eigenvalue weighted by molar-refractivity contribution is -0.131. The summed E-state index contributed by atoms with van der Waals surface area (Å²) in [5, 5.41) is 0.999. The number of hydrogen-bond acceptors (Lipinski definition) is 5. The fourth-order valence-electron chi connectivity index (χ4n) is 3.14. The van der Waals surface area contributed by atoms with E-state index in [1.165, 1.54) is 5.56 Å². The number of hydrogen-bond donors (Lipinski definition) is 0. The molecule has 0 aliphatic carbocycles. The predicted molar refractivity (Wildman–Crippen MR) is 109 cm³/mol. The lowest BCUT2D eigenvalue weighted by atomic mass is 10.1. The molecule has 3 heterocycles. The van der Waals surface area contributed by atoms with Gasteiger partial charge in [0.15, 0.2) is 5.13 Å². The molecule has 0 spiro atoms. The summed E-state index contributed by atoms with van der Waals surface area (Å²) < 4.78 is 1.07. The molecule has 5 nitrogen and oxygen atoms in total. The first-order valence-corrected chi connectivity index (χ1v) is 10.3. The molecule has 1 aromatic carbocycles. The van der Waals surface area contributed by atoms with Gasteiger partial charge in [-0.15, -0.1) is 0 Å². The summed E-state index contributed by atoms with van der Waals surface area (Å²) in [6, 6.07) is 12.0. The fourth-order valence-corrected chi connectivity index (χ4v) is 4.59. The van der Waals surface area contributed by atoms with Crippen LogP contribution in [0.4, 0.5) is 5.13 Å². The monoisotopic (exact) mass is 430 g/mol. The van der Waals surface area contributed by atoms with E-state index in [-0.39, 0.29) is 5.91 Å². The van der Waals surface area contributed by atoms with Crippen LogP contribution in [0.5, 0.6) is 0 Å². The molecule has 1 saturated heterocycles. The van der Waals surface area contributed by atoms with Gasteiger partial charge in [0.2, 0.25) is 5.91 Å². The van der Waals surface area contributed by atoms with Crippen molar-refractivity contribution in [1.29, 1.82) is 0 Å². The van der Waals surface area contributed by atoms with Crippen molar-refractivity contribution >= 4 is 48.7 Å². The van der Waals surface area contributed by atoms with Gasteiger partial charge in [-0.05, 0) is 30.2 Å². The Balaban J connectivity index is 1.33.